The van der Waals surface area contributed by atoms with Gasteiger partial charge in [0.25, 0.3) is 0 Å². The smallest absolute Gasteiger partial charge is 0.0972 e. The summed E-state index contributed by atoms with van der Waals surface area (Å²) in [5.41, 5.74) is 0.932. The van der Waals surface area contributed by atoms with E-state index in [1.54, 1.807) is 0 Å². The Morgan fingerprint density at radius 1 is 1.41 bits per heavy atom. The Morgan fingerprint density at radius 3 is 2.65 bits per heavy atom. The number of benzene rings is 1. The highest BCUT2D eigenvalue weighted by molar-refractivity contribution is 6.30. The monoisotopic (exact) mass is 251 g/mol. The summed E-state index contributed by atoms with van der Waals surface area (Å²) in [7, 11) is 0. The second-order valence-electron chi connectivity index (χ2n) is 6.03. The average molecular weight is 252 g/mol. The maximum Gasteiger partial charge on any atom is 0.0972 e. The zero-order valence-electron chi connectivity index (χ0n) is 10.2. The maximum absolute atomic E-state index is 10.6. The van der Waals surface area contributed by atoms with Gasteiger partial charge in [-0.2, -0.15) is 0 Å². The molecule has 92 valence electrons. The van der Waals surface area contributed by atoms with Crippen LogP contribution < -0.4 is 5.32 Å². The number of aliphatic hydroxyl groups excluding tert-OH is 1. The molecule has 0 radical (unpaired) electrons. The van der Waals surface area contributed by atoms with Crippen molar-refractivity contribution in [3.8, 4) is 0 Å². The predicted molar refractivity (Wildman–Crippen MR) is 69.1 cm³/mol. The summed E-state index contributed by atoms with van der Waals surface area (Å²) >= 11 is 5.98. The highest BCUT2D eigenvalue weighted by Gasteiger charge is 2.61. The molecule has 3 aliphatic rings. The van der Waals surface area contributed by atoms with Crippen molar-refractivity contribution in [1.82, 2.24) is 5.32 Å². The lowest BCUT2D eigenvalue weighted by Gasteiger charge is -2.36. The molecular weight excluding hydrogens is 234 g/mol. The van der Waals surface area contributed by atoms with E-state index in [4.69, 9.17) is 11.6 Å². The molecule has 2 atom stereocenters. The number of hydrogen-bond acceptors (Lipinski definition) is 2. The molecule has 0 spiro atoms. The molecule has 1 aromatic rings. The number of halogens is 1. The van der Waals surface area contributed by atoms with E-state index in [2.05, 4.69) is 19.2 Å². The molecule has 3 fully saturated rings. The molecule has 4 rings (SSSR count). The standard InChI is InChI=1S/C14H18ClNO/c1-13-7-10(8-13)14(2,16-13)12(17)9-4-3-5-11(15)6-9/h3-6,10,12,16-17H,7-8H2,1-2H3/t10?,12-,13?,14+/m0/s1. The van der Waals surface area contributed by atoms with Gasteiger partial charge in [-0.05, 0) is 50.3 Å². The molecule has 1 saturated carbocycles. The molecule has 2 saturated heterocycles. The lowest BCUT2D eigenvalue weighted by molar-refractivity contribution is 0.0617. The normalized spacial score (nSPS) is 41.1. The summed E-state index contributed by atoms with van der Waals surface area (Å²) in [6.07, 6.45) is 1.85. The van der Waals surface area contributed by atoms with E-state index >= 15 is 0 Å². The molecule has 2 heterocycles. The quantitative estimate of drug-likeness (QED) is 0.847. The van der Waals surface area contributed by atoms with Crippen LogP contribution in [0.4, 0.5) is 0 Å². The van der Waals surface area contributed by atoms with Crippen LogP contribution in [0.25, 0.3) is 0 Å². The number of aliphatic hydroxyl groups is 1. The number of nitrogens with one attached hydrogen (secondary N) is 1. The van der Waals surface area contributed by atoms with E-state index in [0.29, 0.717) is 10.9 Å². The van der Waals surface area contributed by atoms with Gasteiger partial charge >= 0.3 is 0 Å². The molecule has 1 aromatic carbocycles. The summed E-state index contributed by atoms with van der Waals surface area (Å²) < 4.78 is 0. The van der Waals surface area contributed by atoms with Crippen LogP contribution in [0.1, 0.15) is 38.4 Å². The zero-order chi connectivity index (χ0) is 12.3. The molecule has 2 N–H and O–H groups in total. The highest BCUT2D eigenvalue weighted by atomic mass is 35.5. The van der Waals surface area contributed by atoms with E-state index in [1.807, 2.05) is 24.3 Å². The molecule has 0 unspecified atom stereocenters. The zero-order valence-corrected chi connectivity index (χ0v) is 11.0. The van der Waals surface area contributed by atoms with Gasteiger partial charge < -0.3 is 10.4 Å². The fraction of sp³-hybridized carbons (Fsp3) is 0.571. The fourth-order valence-electron chi connectivity index (χ4n) is 3.62. The lowest BCUT2D eigenvalue weighted by atomic mass is 9.68. The SMILES string of the molecule is CC12CC(C1)[C@](C)([C@@H](O)c1cccc(Cl)c1)N2. The number of hydrogen-bond donors (Lipinski definition) is 2. The van der Waals surface area contributed by atoms with Gasteiger partial charge in [-0.25, -0.2) is 0 Å². The topological polar surface area (TPSA) is 32.3 Å². The minimum Gasteiger partial charge on any atom is -0.386 e. The Hall–Kier alpha value is -0.570. The van der Waals surface area contributed by atoms with Gasteiger partial charge in [0.1, 0.15) is 0 Å². The van der Waals surface area contributed by atoms with E-state index < -0.39 is 6.10 Å². The van der Waals surface area contributed by atoms with Crippen molar-refractivity contribution >= 4 is 11.6 Å². The first-order valence-electron chi connectivity index (χ1n) is 6.16. The minimum absolute atomic E-state index is 0.209. The van der Waals surface area contributed by atoms with Gasteiger partial charge in [0.15, 0.2) is 0 Å². The first-order valence-corrected chi connectivity index (χ1v) is 6.54. The first kappa shape index (κ1) is 11.5. The van der Waals surface area contributed by atoms with Gasteiger partial charge in [0.2, 0.25) is 0 Å². The van der Waals surface area contributed by atoms with Crippen LogP contribution in [0.15, 0.2) is 24.3 Å². The Kier molecular flexibility index (Phi) is 2.35. The van der Waals surface area contributed by atoms with Crippen molar-refractivity contribution in [2.45, 2.75) is 43.9 Å². The van der Waals surface area contributed by atoms with Gasteiger partial charge in [-0.15, -0.1) is 0 Å². The van der Waals surface area contributed by atoms with Crippen molar-refractivity contribution in [1.29, 1.82) is 0 Å². The van der Waals surface area contributed by atoms with Gasteiger partial charge in [0.05, 0.1) is 6.10 Å². The predicted octanol–water partition coefficient (Wildman–Crippen LogP) is 2.90. The van der Waals surface area contributed by atoms with Gasteiger partial charge in [-0.3, -0.25) is 0 Å². The Balaban J connectivity index is 1.90. The molecule has 2 aliphatic heterocycles. The Labute approximate surface area is 107 Å². The van der Waals surface area contributed by atoms with Crippen molar-refractivity contribution in [3.63, 3.8) is 0 Å². The molecule has 2 nitrogen and oxygen atoms in total. The van der Waals surface area contributed by atoms with Crippen molar-refractivity contribution in [2.75, 3.05) is 0 Å². The van der Waals surface area contributed by atoms with E-state index in [1.165, 1.54) is 12.8 Å². The molecule has 0 aromatic heterocycles. The van der Waals surface area contributed by atoms with Gasteiger partial charge in [0, 0.05) is 16.1 Å². The average Bonchev–Trinajstić information content (AvgIpc) is 2.64. The first-order chi connectivity index (χ1) is 7.93. The molecule has 2 bridgehead atoms. The van der Waals surface area contributed by atoms with E-state index in [0.717, 1.165) is 5.56 Å². The van der Waals surface area contributed by atoms with Crippen LogP contribution in [0, 0.1) is 5.92 Å². The summed E-state index contributed by atoms with van der Waals surface area (Å²) in [5, 5.41) is 14.9. The van der Waals surface area contributed by atoms with E-state index in [9.17, 15) is 5.11 Å². The third kappa shape index (κ3) is 1.62. The van der Waals surface area contributed by atoms with Crippen LogP contribution in [0.3, 0.4) is 0 Å². The van der Waals surface area contributed by atoms with E-state index in [-0.39, 0.29) is 11.1 Å². The second kappa shape index (κ2) is 3.47. The van der Waals surface area contributed by atoms with Crippen LogP contribution >= 0.6 is 11.6 Å². The maximum atomic E-state index is 10.6. The summed E-state index contributed by atoms with van der Waals surface area (Å²) in [4.78, 5) is 0. The summed E-state index contributed by atoms with van der Waals surface area (Å²) in [5.74, 6) is 0.571. The summed E-state index contributed by atoms with van der Waals surface area (Å²) in [6.45, 7) is 4.36. The number of rotatable bonds is 2. The second-order valence-corrected chi connectivity index (χ2v) is 6.47. The fourth-order valence-corrected chi connectivity index (χ4v) is 3.82. The van der Waals surface area contributed by atoms with Crippen molar-refractivity contribution < 1.29 is 5.11 Å². The molecule has 3 heteroatoms. The third-order valence-corrected chi connectivity index (χ3v) is 4.78. The molecule has 17 heavy (non-hydrogen) atoms. The van der Waals surface area contributed by atoms with Crippen LogP contribution in [0.5, 0.6) is 0 Å². The minimum atomic E-state index is -0.490. The van der Waals surface area contributed by atoms with Crippen molar-refractivity contribution in [2.24, 2.45) is 5.92 Å². The Bertz CT molecular complexity index is 455. The van der Waals surface area contributed by atoms with Crippen LogP contribution in [-0.2, 0) is 0 Å². The van der Waals surface area contributed by atoms with Gasteiger partial charge in [-0.1, -0.05) is 23.7 Å². The van der Waals surface area contributed by atoms with Crippen LogP contribution in [0.2, 0.25) is 5.02 Å². The van der Waals surface area contributed by atoms with Crippen molar-refractivity contribution in [3.05, 3.63) is 34.9 Å². The lowest BCUT2D eigenvalue weighted by Crippen LogP contribution is -2.45. The summed E-state index contributed by atoms with van der Waals surface area (Å²) in [6, 6.07) is 7.54. The largest absolute Gasteiger partial charge is 0.386 e. The molecule has 1 aliphatic carbocycles. The number of fused-ring (bicyclic) bond motifs is 1. The highest BCUT2D eigenvalue weighted by Crippen LogP contribution is 2.56. The molecule has 0 amide bonds. The van der Waals surface area contributed by atoms with Crippen LogP contribution in [-0.4, -0.2) is 16.2 Å². The molecular formula is C14H18ClNO. The third-order valence-electron chi connectivity index (χ3n) is 4.55. The Morgan fingerprint density at radius 2 is 2.12 bits per heavy atom.